The second-order valence-electron chi connectivity index (χ2n) is 4.02. The van der Waals surface area contributed by atoms with Crippen molar-refractivity contribution in [1.29, 1.82) is 0 Å². The number of nitrogens with zero attached hydrogens (tertiary/aromatic N) is 2. The number of ether oxygens (including phenoxy) is 1. The standard InChI is InChI=1S/C12H13BrCl2N4O2/c1-20-5-4-16-6-9-18-19-12(21-9)17-8-3-2-7(13)10(14)11(8)15/h2-3,16H,4-6H2,1H3,(H,17,19). The average Bonchev–Trinajstić information content (AvgIpc) is 2.92. The lowest BCUT2D eigenvalue weighted by Gasteiger charge is -2.06. The molecule has 0 unspecified atom stereocenters. The zero-order chi connectivity index (χ0) is 15.2. The Bertz CT molecular complexity index is 609. The molecule has 0 bridgehead atoms. The number of halogens is 3. The first kappa shape index (κ1) is 16.5. The second-order valence-corrected chi connectivity index (χ2v) is 5.63. The van der Waals surface area contributed by atoms with Gasteiger partial charge in [-0.3, -0.25) is 0 Å². The molecular weight excluding hydrogens is 383 g/mol. The molecule has 0 fully saturated rings. The van der Waals surface area contributed by atoms with Gasteiger partial charge in [0.15, 0.2) is 0 Å². The lowest BCUT2D eigenvalue weighted by molar-refractivity contribution is 0.198. The molecule has 1 aromatic heterocycles. The summed E-state index contributed by atoms with van der Waals surface area (Å²) in [6, 6.07) is 3.79. The molecule has 0 spiro atoms. The summed E-state index contributed by atoms with van der Waals surface area (Å²) in [7, 11) is 1.64. The molecule has 0 radical (unpaired) electrons. The summed E-state index contributed by atoms with van der Waals surface area (Å²) >= 11 is 15.5. The summed E-state index contributed by atoms with van der Waals surface area (Å²) in [6.07, 6.45) is 0. The lowest BCUT2D eigenvalue weighted by atomic mass is 10.3. The minimum absolute atomic E-state index is 0.249. The third kappa shape index (κ3) is 4.55. The van der Waals surface area contributed by atoms with Crippen molar-refractivity contribution in [2.45, 2.75) is 6.54 Å². The fraction of sp³-hybridized carbons (Fsp3) is 0.333. The van der Waals surface area contributed by atoms with Crippen LogP contribution in [0, 0.1) is 0 Å². The Morgan fingerprint density at radius 2 is 2.10 bits per heavy atom. The summed E-state index contributed by atoms with van der Waals surface area (Å²) in [4.78, 5) is 0. The van der Waals surface area contributed by atoms with Gasteiger partial charge in [-0.05, 0) is 28.1 Å². The first-order valence-electron chi connectivity index (χ1n) is 6.04. The minimum Gasteiger partial charge on any atom is -0.406 e. The molecular formula is C12H13BrCl2N4O2. The molecule has 0 amide bonds. The van der Waals surface area contributed by atoms with Gasteiger partial charge in [0.2, 0.25) is 5.89 Å². The minimum atomic E-state index is 0.249. The summed E-state index contributed by atoms with van der Waals surface area (Å²) in [5, 5.41) is 14.6. The molecule has 2 aromatic rings. The van der Waals surface area contributed by atoms with Crippen molar-refractivity contribution < 1.29 is 9.15 Å². The van der Waals surface area contributed by atoms with Gasteiger partial charge in [0.1, 0.15) is 0 Å². The largest absolute Gasteiger partial charge is 0.406 e. The van der Waals surface area contributed by atoms with Gasteiger partial charge >= 0.3 is 6.01 Å². The molecule has 0 atom stereocenters. The molecule has 0 saturated carbocycles. The van der Waals surface area contributed by atoms with E-state index in [4.69, 9.17) is 32.4 Å². The van der Waals surface area contributed by atoms with Gasteiger partial charge in [-0.25, -0.2) is 0 Å². The van der Waals surface area contributed by atoms with E-state index >= 15 is 0 Å². The second kappa shape index (κ2) is 7.95. The maximum absolute atomic E-state index is 6.13. The fourth-order valence-corrected chi connectivity index (χ4v) is 2.30. The molecule has 9 heteroatoms. The normalized spacial score (nSPS) is 10.9. The van der Waals surface area contributed by atoms with E-state index in [-0.39, 0.29) is 6.01 Å². The Labute approximate surface area is 140 Å². The van der Waals surface area contributed by atoms with Crippen molar-refractivity contribution in [3.63, 3.8) is 0 Å². The Kier molecular flexibility index (Phi) is 6.25. The van der Waals surface area contributed by atoms with Crippen molar-refractivity contribution >= 4 is 50.8 Å². The lowest BCUT2D eigenvalue weighted by Crippen LogP contribution is -2.18. The molecule has 0 aliphatic rings. The van der Waals surface area contributed by atoms with Gasteiger partial charge < -0.3 is 19.8 Å². The van der Waals surface area contributed by atoms with Crippen molar-refractivity contribution in [1.82, 2.24) is 15.5 Å². The van der Waals surface area contributed by atoms with Gasteiger partial charge in [-0.1, -0.05) is 28.3 Å². The maximum Gasteiger partial charge on any atom is 0.320 e. The number of methoxy groups -OCH3 is 1. The SMILES string of the molecule is COCCNCc1nnc(Nc2ccc(Br)c(Cl)c2Cl)o1. The first-order valence-corrected chi connectivity index (χ1v) is 7.59. The van der Waals surface area contributed by atoms with E-state index in [1.165, 1.54) is 0 Å². The van der Waals surface area contributed by atoms with Crippen LogP contribution in [0.4, 0.5) is 11.7 Å². The Morgan fingerprint density at radius 3 is 2.86 bits per heavy atom. The van der Waals surface area contributed by atoms with Crippen molar-refractivity contribution in [3.05, 3.63) is 32.5 Å². The van der Waals surface area contributed by atoms with Crippen LogP contribution in [0.25, 0.3) is 0 Å². The smallest absolute Gasteiger partial charge is 0.320 e. The number of hydrogen-bond acceptors (Lipinski definition) is 6. The number of aromatic nitrogens is 2. The van der Waals surface area contributed by atoms with Crippen LogP contribution in [0.3, 0.4) is 0 Å². The summed E-state index contributed by atoms with van der Waals surface area (Å²) in [5.41, 5.74) is 0.590. The quantitative estimate of drug-likeness (QED) is 0.551. The van der Waals surface area contributed by atoms with Crippen LogP contribution in [-0.2, 0) is 11.3 Å². The summed E-state index contributed by atoms with van der Waals surface area (Å²) in [6.45, 7) is 1.79. The van der Waals surface area contributed by atoms with E-state index in [0.29, 0.717) is 45.8 Å². The molecule has 114 valence electrons. The molecule has 6 nitrogen and oxygen atoms in total. The van der Waals surface area contributed by atoms with Crippen LogP contribution in [-0.4, -0.2) is 30.5 Å². The fourth-order valence-electron chi connectivity index (χ4n) is 1.48. The molecule has 2 N–H and O–H groups in total. The summed E-state index contributed by atoms with van der Waals surface area (Å²) in [5.74, 6) is 0.466. The maximum atomic E-state index is 6.13. The zero-order valence-electron chi connectivity index (χ0n) is 11.1. The van der Waals surface area contributed by atoms with Crippen LogP contribution < -0.4 is 10.6 Å². The molecule has 1 aromatic carbocycles. The third-order valence-electron chi connectivity index (χ3n) is 2.50. The molecule has 0 aliphatic heterocycles. The highest BCUT2D eigenvalue weighted by molar-refractivity contribution is 9.10. The summed E-state index contributed by atoms with van der Waals surface area (Å²) < 4.78 is 11.1. The Morgan fingerprint density at radius 1 is 1.29 bits per heavy atom. The highest BCUT2D eigenvalue weighted by atomic mass is 79.9. The van der Waals surface area contributed by atoms with Gasteiger partial charge in [0.05, 0.1) is 28.9 Å². The van der Waals surface area contributed by atoms with Crippen LogP contribution in [0.2, 0.25) is 10.0 Å². The monoisotopic (exact) mass is 394 g/mol. The van der Waals surface area contributed by atoms with Crippen LogP contribution in [0.1, 0.15) is 5.89 Å². The Balaban J connectivity index is 1.98. The molecule has 21 heavy (non-hydrogen) atoms. The van der Waals surface area contributed by atoms with E-state index in [1.54, 1.807) is 19.2 Å². The number of benzene rings is 1. The zero-order valence-corrected chi connectivity index (χ0v) is 14.2. The van der Waals surface area contributed by atoms with Crippen LogP contribution in [0.5, 0.6) is 0 Å². The number of nitrogens with one attached hydrogen (secondary N) is 2. The molecule has 2 rings (SSSR count). The average molecular weight is 396 g/mol. The highest BCUT2D eigenvalue weighted by Crippen LogP contribution is 2.36. The number of hydrogen-bond donors (Lipinski definition) is 2. The van der Waals surface area contributed by atoms with Gasteiger partial charge in [-0.2, -0.15) is 0 Å². The van der Waals surface area contributed by atoms with E-state index in [2.05, 4.69) is 36.8 Å². The molecule has 0 aliphatic carbocycles. The van der Waals surface area contributed by atoms with E-state index in [1.807, 2.05) is 0 Å². The van der Waals surface area contributed by atoms with Gasteiger partial charge in [0, 0.05) is 18.1 Å². The van der Waals surface area contributed by atoms with Crippen molar-refractivity contribution in [3.8, 4) is 0 Å². The topological polar surface area (TPSA) is 72.2 Å². The highest BCUT2D eigenvalue weighted by Gasteiger charge is 2.11. The van der Waals surface area contributed by atoms with Gasteiger partial charge in [0.25, 0.3) is 0 Å². The molecule has 0 saturated heterocycles. The first-order chi connectivity index (χ1) is 10.1. The van der Waals surface area contributed by atoms with E-state index in [0.717, 1.165) is 0 Å². The predicted molar refractivity (Wildman–Crippen MR) is 85.3 cm³/mol. The van der Waals surface area contributed by atoms with E-state index in [9.17, 15) is 0 Å². The van der Waals surface area contributed by atoms with E-state index < -0.39 is 0 Å². The number of rotatable bonds is 7. The van der Waals surface area contributed by atoms with Crippen LogP contribution in [0.15, 0.2) is 21.0 Å². The van der Waals surface area contributed by atoms with Crippen molar-refractivity contribution in [2.24, 2.45) is 0 Å². The molecule has 1 heterocycles. The van der Waals surface area contributed by atoms with Crippen molar-refractivity contribution in [2.75, 3.05) is 25.6 Å². The Hall–Kier alpha value is -0.860. The third-order valence-corrected chi connectivity index (χ3v) is 4.27. The van der Waals surface area contributed by atoms with Crippen LogP contribution >= 0.6 is 39.1 Å². The van der Waals surface area contributed by atoms with Gasteiger partial charge in [-0.15, -0.1) is 5.10 Å². The predicted octanol–water partition coefficient (Wildman–Crippen LogP) is 3.62. The number of anilines is 2.